The maximum Gasteiger partial charge on any atom is 0.242 e. The number of amides is 5. The van der Waals surface area contributed by atoms with Gasteiger partial charge in [-0.15, -0.1) is 0 Å². The number of unbranched alkanes of at least 4 members (excludes halogenated alkanes) is 2. The standard InChI is InChI=1S/C29H57N7O9/c1-30-16-26(42)33(3)18-28(44)35(5)20-29(45)34(4)19-27(43)32(2)17-25(41)31-12-15-36(13-8-6-10-23(39)21-37)14-9-7-11-24(40)22-38/h23-24,30,37-40H,6-22H2,1-5H3,(H,31,41). The molecule has 2 atom stereocenters. The van der Waals surface area contributed by atoms with Gasteiger partial charge in [-0.3, -0.25) is 24.0 Å². The second-order valence-electron chi connectivity index (χ2n) is 11.4. The number of nitrogens with one attached hydrogen (secondary N) is 2. The third-order valence-corrected chi connectivity index (χ3v) is 7.22. The van der Waals surface area contributed by atoms with Crippen LogP contribution >= 0.6 is 0 Å². The quantitative estimate of drug-likeness (QED) is 0.0536. The van der Waals surface area contributed by atoms with Crippen LogP contribution in [0.5, 0.6) is 0 Å². The lowest BCUT2D eigenvalue weighted by molar-refractivity contribution is -0.144. The average Bonchev–Trinajstić information content (AvgIpc) is 3.00. The van der Waals surface area contributed by atoms with E-state index in [1.807, 2.05) is 0 Å². The predicted molar refractivity (Wildman–Crippen MR) is 168 cm³/mol. The number of hydrogen-bond acceptors (Lipinski definition) is 11. The van der Waals surface area contributed by atoms with Crippen molar-refractivity contribution in [2.45, 2.75) is 50.7 Å². The number of nitrogens with zero attached hydrogens (tertiary/aromatic N) is 5. The number of carbonyl (C=O) groups is 5. The van der Waals surface area contributed by atoms with Crippen LogP contribution in [0.25, 0.3) is 0 Å². The average molecular weight is 648 g/mol. The zero-order chi connectivity index (χ0) is 34.4. The van der Waals surface area contributed by atoms with Crippen molar-refractivity contribution in [2.75, 3.05) is 107 Å². The molecule has 262 valence electrons. The predicted octanol–water partition coefficient (Wildman–Crippen LogP) is -3.50. The molecule has 0 rings (SSSR count). The van der Waals surface area contributed by atoms with E-state index < -0.39 is 29.9 Å². The van der Waals surface area contributed by atoms with Crippen LogP contribution in [-0.2, 0) is 24.0 Å². The van der Waals surface area contributed by atoms with Gasteiger partial charge in [0.25, 0.3) is 0 Å². The van der Waals surface area contributed by atoms with Gasteiger partial charge in [-0.05, 0) is 58.7 Å². The summed E-state index contributed by atoms with van der Waals surface area (Å²) in [6, 6.07) is 0. The first-order chi connectivity index (χ1) is 21.2. The van der Waals surface area contributed by atoms with Gasteiger partial charge in [-0.2, -0.15) is 0 Å². The second kappa shape index (κ2) is 24.4. The summed E-state index contributed by atoms with van der Waals surface area (Å²) >= 11 is 0. The number of aliphatic hydroxyl groups is 4. The van der Waals surface area contributed by atoms with Crippen LogP contribution in [0.3, 0.4) is 0 Å². The van der Waals surface area contributed by atoms with E-state index in [4.69, 9.17) is 10.2 Å². The normalized spacial score (nSPS) is 12.4. The molecule has 0 radical (unpaired) electrons. The molecule has 0 aliphatic rings. The Hall–Kier alpha value is -2.89. The molecule has 2 unspecified atom stereocenters. The van der Waals surface area contributed by atoms with E-state index in [1.165, 1.54) is 47.8 Å². The number of likely N-dealkylation sites (N-methyl/N-ethyl adjacent to an activating group) is 5. The van der Waals surface area contributed by atoms with Crippen LogP contribution in [0, 0.1) is 0 Å². The molecule has 0 aromatic rings. The van der Waals surface area contributed by atoms with E-state index in [2.05, 4.69) is 15.5 Å². The molecule has 0 aromatic carbocycles. The van der Waals surface area contributed by atoms with Crippen LogP contribution in [-0.4, -0.2) is 194 Å². The first-order valence-electron chi connectivity index (χ1n) is 15.4. The highest BCUT2D eigenvalue weighted by Gasteiger charge is 2.22. The van der Waals surface area contributed by atoms with Gasteiger partial charge >= 0.3 is 0 Å². The van der Waals surface area contributed by atoms with Crippen LogP contribution < -0.4 is 10.6 Å². The van der Waals surface area contributed by atoms with Crippen molar-refractivity contribution in [3.63, 3.8) is 0 Å². The van der Waals surface area contributed by atoms with Crippen molar-refractivity contribution in [1.82, 2.24) is 35.1 Å². The van der Waals surface area contributed by atoms with Gasteiger partial charge in [-0.1, -0.05) is 0 Å². The molecule has 16 nitrogen and oxygen atoms in total. The zero-order valence-electron chi connectivity index (χ0n) is 27.7. The Morgan fingerprint density at radius 2 is 1.00 bits per heavy atom. The first kappa shape index (κ1) is 42.1. The fourth-order valence-electron chi connectivity index (χ4n) is 4.18. The minimum Gasteiger partial charge on any atom is -0.394 e. The highest BCUT2D eigenvalue weighted by Crippen LogP contribution is 2.06. The van der Waals surface area contributed by atoms with E-state index in [0.717, 1.165) is 38.8 Å². The number of aliphatic hydroxyl groups excluding tert-OH is 4. The lowest BCUT2D eigenvalue weighted by Gasteiger charge is -2.25. The Balaban J connectivity index is 4.65. The highest BCUT2D eigenvalue weighted by molar-refractivity contribution is 5.91. The highest BCUT2D eigenvalue weighted by atomic mass is 16.3. The summed E-state index contributed by atoms with van der Waals surface area (Å²) in [5.74, 6) is -1.99. The molecular weight excluding hydrogens is 590 g/mol. The van der Waals surface area contributed by atoms with Crippen LogP contribution in [0.2, 0.25) is 0 Å². The molecule has 16 heteroatoms. The van der Waals surface area contributed by atoms with E-state index >= 15 is 0 Å². The Kier molecular flexibility index (Phi) is 22.8. The van der Waals surface area contributed by atoms with Gasteiger partial charge in [0, 0.05) is 41.3 Å². The molecular formula is C29H57N7O9. The van der Waals surface area contributed by atoms with E-state index in [-0.39, 0.29) is 57.8 Å². The minimum atomic E-state index is -0.737. The van der Waals surface area contributed by atoms with Crippen molar-refractivity contribution in [3.8, 4) is 0 Å². The van der Waals surface area contributed by atoms with Crippen molar-refractivity contribution >= 4 is 29.5 Å². The molecule has 0 aliphatic carbocycles. The van der Waals surface area contributed by atoms with Crippen LogP contribution in [0.1, 0.15) is 38.5 Å². The topological polar surface area (TPSA) is 207 Å². The third kappa shape index (κ3) is 20.0. The van der Waals surface area contributed by atoms with Gasteiger partial charge in [0.1, 0.15) is 0 Å². The summed E-state index contributed by atoms with van der Waals surface area (Å²) < 4.78 is 0. The molecule has 0 aromatic heterocycles. The molecule has 45 heavy (non-hydrogen) atoms. The molecule has 6 N–H and O–H groups in total. The summed E-state index contributed by atoms with van der Waals surface area (Å²) in [6.45, 7) is 0.926. The molecule has 0 saturated carbocycles. The van der Waals surface area contributed by atoms with Crippen molar-refractivity contribution in [3.05, 3.63) is 0 Å². The lowest BCUT2D eigenvalue weighted by atomic mass is 10.1. The molecule has 0 bridgehead atoms. The maximum atomic E-state index is 12.7. The van der Waals surface area contributed by atoms with Gasteiger partial charge in [0.2, 0.25) is 29.5 Å². The number of rotatable bonds is 25. The summed E-state index contributed by atoms with van der Waals surface area (Å²) in [4.78, 5) is 69.0. The molecule has 0 fully saturated rings. The van der Waals surface area contributed by atoms with Gasteiger partial charge < -0.3 is 55.6 Å². The smallest absolute Gasteiger partial charge is 0.242 e. The van der Waals surface area contributed by atoms with Gasteiger partial charge in [-0.25, -0.2) is 0 Å². The minimum absolute atomic E-state index is 0.0830. The van der Waals surface area contributed by atoms with Crippen molar-refractivity contribution < 1.29 is 44.4 Å². The molecule has 0 heterocycles. The fourth-order valence-corrected chi connectivity index (χ4v) is 4.18. The zero-order valence-corrected chi connectivity index (χ0v) is 27.7. The number of hydrogen-bond donors (Lipinski definition) is 6. The van der Waals surface area contributed by atoms with Crippen molar-refractivity contribution in [2.24, 2.45) is 0 Å². The maximum absolute atomic E-state index is 12.7. The van der Waals surface area contributed by atoms with Crippen LogP contribution in [0.15, 0.2) is 0 Å². The van der Waals surface area contributed by atoms with Gasteiger partial charge in [0.15, 0.2) is 0 Å². The summed E-state index contributed by atoms with van der Waals surface area (Å²) in [5.41, 5.74) is 0. The summed E-state index contributed by atoms with van der Waals surface area (Å²) in [7, 11) is 7.44. The van der Waals surface area contributed by atoms with E-state index in [1.54, 1.807) is 7.05 Å². The van der Waals surface area contributed by atoms with Gasteiger partial charge in [0.05, 0.1) is 58.1 Å². The van der Waals surface area contributed by atoms with Crippen molar-refractivity contribution in [1.29, 1.82) is 0 Å². The molecule has 5 amide bonds. The monoisotopic (exact) mass is 647 g/mol. The Morgan fingerprint density at radius 1 is 0.600 bits per heavy atom. The lowest BCUT2D eigenvalue weighted by Crippen LogP contribution is -2.48. The fraction of sp³-hybridized carbons (Fsp3) is 0.828. The molecule has 0 saturated heterocycles. The van der Waals surface area contributed by atoms with E-state index in [0.29, 0.717) is 25.9 Å². The third-order valence-electron chi connectivity index (χ3n) is 7.22. The molecule has 0 spiro atoms. The summed E-state index contributed by atoms with van der Waals surface area (Å²) in [6.07, 6.45) is 2.59. The largest absolute Gasteiger partial charge is 0.394 e. The Bertz CT molecular complexity index is 878. The van der Waals surface area contributed by atoms with E-state index in [9.17, 15) is 34.2 Å². The first-order valence-corrected chi connectivity index (χ1v) is 15.4. The van der Waals surface area contributed by atoms with Crippen LogP contribution in [0.4, 0.5) is 0 Å². The Morgan fingerprint density at radius 3 is 1.40 bits per heavy atom. The SMILES string of the molecule is CNCC(=O)N(C)CC(=O)N(C)CC(=O)N(C)CC(=O)N(C)CC(=O)NCCN(CCCCC(O)CO)CCCCC(O)CO. The number of carbonyl (C=O) groups excluding carboxylic acids is 5. The Labute approximate surface area is 267 Å². The summed E-state index contributed by atoms with van der Waals surface area (Å²) in [5, 5.41) is 42.6. The second-order valence-corrected chi connectivity index (χ2v) is 11.4. The molecule has 0 aliphatic heterocycles.